The van der Waals surface area contributed by atoms with Gasteiger partial charge < -0.3 is 5.11 Å². The number of rotatable bonds is 6. The van der Waals surface area contributed by atoms with Crippen molar-refractivity contribution < 1.29 is 22.7 Å². The lowest BCUT2D eigenvalue weighted by Crippen LogP contribution is -2.30. The average molecular weight is 344 g/mol. The number of sulfonamides is 1. The second-order valence-electron chi connectivity index (χ2n) is 4.57. The molecule has 1 heterocycles. The summed E-state index contributed by atoms with van der Waals surface area (Å²) in [4.78, 5) is 10.5. The van der Waals surface area contributed by atoms with Gasteiger partial charge >= 0.3 is 5.97 Å². The van der Waals surface area contributed by atoms with Crippen LogP contribution in [0.15, 0.2) is 34.5 Å². The zero-order chi connectivity index (χ0) is 16.3. The van der Waals surface area contributed by atoms with Crippen LogP contribution in [-0.2, 0) is 10.0 Å². The Bertz CT molecular complexity index is 772. The Morgan fingerprint density at radius 2 is 2.05 bits per heavy atom. The number of nitrogens with zero attached hydrogens (tertiary/aromatic N) is 1. The van der Waals surface area contributed by atoms with Crippen molar-refractivity contribution in [3.63, 3.8) is 0 Å². The number of carboxylic acid groups (broad SMARTS) is 1. The van der Waals surface area contributed by atoms with E-state index in [0.717, 1.165) is 10.9 Å². The summed E-state index contributed by atoms with van der Waals surface area (Å²) < 4.78 is 43.4. The molecule has 2 N–H and O–H groups in total. The predicted molar refractivity (Wildman–Crippen MR) is 79.3 cm³/mol. The molecule has 1 unspecified atom stereocenters. The fourth-order valence-corrected chi connectivity index (χ4v) is 4.12. The summed E-state index contributed by atoms with van der Waals surface area (Å²) in [5.74, 6) is -1.45. The molecule has 0 radical (unpaired) electrons. The van der Waals surface area contributed by atoms with E-state index < -0.39 is 39.3 Å². The molecule has 2 rings (SSSR count). The monoisotopic (exact) mass is 344 g/mol. The fraction of sp³-hybridized carbons (Fsp3) is 0.231. The first-order valence-corrected chi connectivity index (χ1v) is 8.49. The number of hydrogen-bond acceptors (Lipinski definition) is 5. The van der Waals surface area contributed by atoms with E-state index >= 15 is 0 Å². The Kier molecular flexibility index (Phi) is 4.89. The van der Waals surface area contributed by atoms with Crippen molar-refractivity contribution in [1.82, 2.24) is 9.10 Å². The van der Waals surface area contributed by atoms with Crippen LogP contribution in [0.3, 0.4) is 0 Å². The van der Waals surface area contributed by atoms with E-state index in [9.17, 15) is 17.6 Å². The molecule has 0 saturated carbocycles. The third-order valence-corrected chi connectivity index (χ3v) is 5.22. The summed E-state index contributed by atoms with van der Waals surface area (Å²) >= 11 is 0.710. The third-order valence-electron chi connectivity index (χ3n) is 2.96. The van der Waals surface area contributed by atoms with Gasteiger partial charge in [0.25, 0.3) is 0 Å². The lowest BCUT2D eigenvalue weighted by molar-refractivity contribution is 0.0687. The molecule has 0 amide bonds. The first kappa shape index (κ1) is 16.5. The number of carboxylic acids is 1. The van der Waals surface area contributed by atoms with Crippen molar-refractivity contribution in [1.29, 1.82) is 0 Å². The molecular weight excluding hydrogens is 331 g/mol. The highest BCUT2D eigenvalue weighted by Crippen LogP contribution is 2.22. The molecule has 118 valence electrons. The number of aryl methyl sites for hydroxylation is 1. The molecule has 6 nitrogen and oxygen atoms in total. The van der Waals surface area contributed by atoms with Crippen LogP contribution in [0, 0.1) is 6.92 Å². The topological polar surface area (TPSA) is 96.4 Å². The molecule has 2 aromatic rings. The Morgan fingerprint density at radius 3 is 2.59 bits per heavy atom. The van der Waals surface area contributed by atoms with Gasteiger partial charge in [0.15, 0.2) is 5.69 Å². The molecule has 0 spiro atoms. The predicted octanol–water partition coefficient (Wildman–Crippen LogP) is 2.14. The van der Waals surface area contributed by atoms with Crippen LogP contribution in [0.5, 0.6) is 0 Å². The van der Waals surface area contributed by atoms with Gasteiger partial charge in [-0.3, -0.25) is 0 Å². The Labute approximate surface area is 130 Å². The fourth-order valence-electron chi connectivity index (χ4n) is 1.80. The summed E-state index contributed by atoms with van der Waals surface area (Å²) in [5.41, 5.74) is 0.843. The van der Waals surface area contributed by atoms with E-state index in [1.54, 1.807) is 24.3 Å². The minimum atomic E-state index is -4.19. The van der Waals surface area contributed by atoms with E-state index in [1.165, 1.54) is 0 Å². The first-order chi connectivity index (χ1) is 10.3. The maximum Gasteiger partial charge on any atom is 0.357 e. The smallest absolute Gasteiger partial charge is 0.357 e. The van der Waals surface area contributed by atoms with E-state index in [2.05, 4.69) is 9.10 Å². The number of hydrogen-bond donors (Lipinski definition) is 2. The van der Waals surface area contributed by atoms with E-state index in [0.29, 0.717) is 17.1 Å². The standard InChI is InChI=1S/C13H13FN2O4S2/c1-8-2-4-9(5-3-8)10(6-14)16-22(19,20)11-7-21-15-12(11)13(17)18/h2-5,7,10,16H,6H2,1H3,(H,17,18). The van der Waals surface area contributed by atoms with Crippen LogP contribution in [0.25, 0.3) is 0 Å². The summed E-state index contributed by atoms with van der Waals surface area (Å²) in [6.07, 6.45) is 0. The van der Waals surface area contributed by atoms with Gasteiger partial charge in [-0.05, 0) is 24.0 Å². The van der Waals surface area contributed by atoms with Crippen molar-refractivity contribution in [3.05, 3.63) is 46.5 Å². The zero-order valence-corrected chi connectivity index (χ0v) is 13.1. The number of alkyl halides is 1. The van der Waals surface area contributed by atoms with Crippen LogP contribution >= 0.6 is 11.5 Å². The lowest BCUT2D eigenvalue weighted by Gasteiger charge is -2.16. The molecule has 22 heavy (non-hydrogen) atoms. The first-order valence-electron chi connectivity index (χ1n) is 6.17. The van der Waals surface area contributed by atoms with Crippen molar-refractivity contribution in [3.8, 4) is 0 Å². The molecule has 0 fully saturated rings. The number of benzene rings is 1. The lowest BCUT2D eigenvalue weighted by atomic mass is 10.1. The van der Waals surface area contributed by atoms with E-state index in [4.69, 9.17) is 5.11 Å². The highest BCUT2D eigenvalue weighted by molar-refractivity contribution is 7.89. The van der Waals surface area contributed by atoms with E-state index in [-0.39, 0.29) is 0 Å². The molecular formula is C13H13FN2O4S2. The molecule has 1 aromatic carbocycles. The minimum Gasteiger partial charge on any atom is -0.476 e. The summed E-state index contributed by atoms with van der Waals surface area (Å²) in [7, 11) is -4.19. The number of carbonyl (C=O) groups is 1. The van der Waals surface area contributed by atoms with Crippen molar-refractivity contribution in [2.24, 2.45) is 0 Å². The normalized spacial score (nSPS) is 13.0. The van der Waals surface area contributed by atoms with E-state index in [1.807, 2.05) is 6.92 Å². The van der Waals surface area contributed by atoms with Crippen molar-refractivity contribution in [2.75, 3.05) is 6.67 Å². The van der Waals surface area contributed by atoms with Gasteiger partial charge in [-0.1, -0.05) is 29.8 Å². The molecule has 0 bridgehead atoms. The van der Waals surface area contributed by atoms with Crippen LogP contribution in [0.1, 0.15) is 27.7 Å². The van der Waals surface area contributed by atoms with Gasteiger partial charge in [0.2, 0.25) is 10.0 Å². The van der Waals surface area contributed by atoms with Crippen LogP contribution in [0.2, 0.25) is 0 Å². The van der Waals surface area contributed by atoms with Gasteiger partial charge in [0.05, 0.1) is 6.04 Å². The van der Waals surface area contributed by atoms with Crippen LogP contribution in [0.4, 0.5) is 4.39 Å². The molecule has 0 aliphatic rings. The van der Waals surface area contributed by atoms with Gasteiger partial charge in [0.1, 0.15) is 11.6 Å². The van der Waals surface area contributed by atoms with Gasteiger partial charge in [0, 0.05) is 5.38 Å². The largest absolute Gasteiger partial charge is 0.476 e. The number of halogens is 1. The van der Waals surface area contributed by atoms with Crippen LogP contribution in [-0.4, -0.2) is 30.5 Å². The molecule has 0 saturated heterocycles. The minimum absolute atomic E-state index is 0.455. The van der Waals surface area contributed by atoms with Gasteiger partial charge in [-0.25, -0.2) is 22.3 Å². The highest BCUT2D eigenvalue weighted by Gasteiger charge is 2.28. The average Bonchev–Trinajstić information content (AvgIpc) is 2.96. The number of aromatic carboxylic acids is 1. The Morgan fingerprint density at radius 1 is 1.41 bits per heavy atom. The molecule has 0 aliphatic carbocycles. The Balaban J connectivity index is 2.31. The molecule has 1 atom stereocenters. The highest BCUT2D eigenvalue weighted by atomic mass is 32.2. The van der Waals surface area contributed by atoms with Gasteiger partial charge in [-0.15, -0.1) is 0 Å². The summed E-state index contributed by atoms with van der Waals surface area (Å²) in [5, 5.41) is 10.0. The molecule has 9 heteroatoms. The summed E-state index contributed by atoms with van der Waals surface area (Å²) in [6.45, 7) is 0.900. The SMILES string of the molecule is Cc1ccc(C(CF)NS(=O)(=O)c2csnc2C(=O)O)cc1. The quantitative estimate of drug-likeness (QED) is 0.837. The third kappa shape index (κ3) is 3.49. The summed E-state index contributed by atoms with van der Waals surface area (Å²) in [6, 6.07) is 5.62. The van der Waals surface area contributed by atoms with Gasteiger partial charge in [-0.2, -0.15) is 4.37 Å². The second-order valence-corrected chi connectivity index (χ2v) is 6.88. The molecule has 1 aromatic heterocycles. The maximum absolute atomic E-state index is 13.2. The molecule has 0 aliphatic heterocycles. The Hall–Kier alpha value is -1.84. The number of nitrogens with one attached hydrogen (secondary N) is 1. The number of aromatic nitrogens is 1. The van der Waals surface area contributed by atoms with Crippen LogP contribution < -0.4 is 4.72 Å². The van der Waals surface area contributed by atoms with Crippen molar-refractivity contribution in [2.45, 2.75) is 17.9 Å². The zero-order valence-electron chi connectivity index (χ0n) is 11.5. The second kappa shape index (κ2) is 6.51. The maximum atomic E-state index is 13.2. The van der Waals surface area contributed by atoms with Crippen molar-refractivity contribution >= 4 is 27.5 Å².